The maximum Gasteiger partial charge on any atom is 0.255 e. The first kappa shape index (κ1) is 18.6. The van der Waals surface area contributed by atoms with Crippen LogP contribution >= 0.6 is 0 Å². The number of amides is 1. The number of hydrogen-bond donors (Lipinski definition) is 1. The number of rotatable bonds is 5. The highest BCUT2D eigenvalue weighted by Gasteiger charge is 2.23. The molecule has 0 unspecified atom stereocenters. The van der Waals surface area contributed by atoms with Crippen molar-refractivity contribution in [1.29, 1.82) is 0 Å². The van der Waals surface area contributed by atoms with Gasteiger partial charge in [0.15, 0.2) is 5.82 Å². The van der Waals surface area contributed by atoms with Gasteiger partial charge in [0.25, 0.3) is 5.91 Å². The first-order chi connectivity index (χ1) is 12.8. The molecule has 0 aliphatic heterocycles. The van der Waals surface area contributed by atoms with Gasteiger partial charge in [0, 0.05) is 19.7 Å². The summed E-state index contributed by atoms with van der Waals surface area (Å²) in [6.07, 6.45) is 4.26. The third-order valence-corrected chi connectivity index (χ3v) is 5.44. The summed E-state index contributed by atoms with van der Waals surface area (Å²) >= 11 is 0. The number of sulfonamides is 1. The van der Waals surface area contributed by atoms with Gasteiger partial charge in [0.1, 0.15) is 23.4 Å². The second kappa shape index (κ2) is 7.21. The van der Waals surface area contributed by atoms with E-state index in [0.717, 1.165) is 16.4 Å². The van der Waals surface area contributed by atoms with Crippen LogP contribution in [0.15, 0.2) is 54.1 Å². The van der Waals surface area contributed by atoms with Gasteiger partial charge in [-0.25, -0.2) is 31.8 Å². The van der Waals surface area contributed by atoms with Gasteiger partial charge in [-0.15, -0.1) is 0 Å². The summed E-state index contributed by atoms with van der Waals surface area (Å²) in [5.74, 6) is -1.02. The minimum absolute atomic E-state index is 0.00261. The summed E-state index contributed by atoms with van der Waals surface area (Å²) in [6, 6.07) is 6.37. The number of carbonyl (C=O) groups excluding carboxylic acids is 1. The van der Waals surface area contributed by atoms with Crippen LogP contribution in [0.5, 0.6) is 0 Å². The molecule has 0 fully saturated rings. The zero-order valence-corrected chi connectivity index (χ0v) is 15.2. The van der Waals surface area contributed by atoms with Crippen molar-refractivity contribution in [2.45, 2.75) is 4.90 Å². The van der Waals surface area contributed by atoms with Gasteiger partial charge < -0.3 is 5.32 Å². The highest BCUT2D eigenvalue weighted by Crippen LogP contribution is 2.20. The average molecular weight is 390 g/mol. The fourth-order valence-electron chi connectivity index (χ4n) is 2.16. The monoisotopic (exact) mass is 390 g/mol. The summed E-state index contributed by atoms with van der Waals surface area (Å²) in [5.41, 5.74) is 0.377. The van der Waals surface area contributed by atoms with E-state index in [2.05, 4.69) is 20.4 Å². The van der Waals surface area contributed by atoms with Crippen molar-refractivity contribution in [2.24, 2.45) is 0 Å². The lowest BCUT2D eigenvalue weighted by atomic mass is 10.2. The zero-order chi connectivity index (χ0) is 19.6. The normalized spacial score (nSPS) is 11.6. The molecule has 27 heavy (non-hydrogen) atoms. The molecule has 0 radical (unpaired) electrons. The Labute approximate surface area is 154 Å². The third-order valence-electron chi connectivity index (χ3n) is 3.61. The number of nitrogens with one attached hydrogen (secondary N) is 1. The van der Waals surface area contributed by atoms with Gasteiger partial charge in [-0.05, 0) is 30.3 Å². The minimum atomic E-state index is -4.02. The molecule has 0 aliphatic rings. The van der Waals surface area contributed by atoms with Crippen molar-refractivity contribution in [3.05, 3.63) is 60.6 Å². The van der Waals surface area contributed by atoms with Crippen molar-refractivity contribution in [2.75, 3.05) is 19.4 Å². The number of benzene rings is 1. The molecule has 0 saturated carbocycles. The van der Waals surface area contributed by atoms with Crippen molar-refractivity contribution in [1.82, 2.24) is 24.1 Å². The van der Waals surface area contributed by atoms with E-state index in [1.165, 1.54) is 43.7 Å². The smallest absolute Gasteiger partial charge is 0.255 e. The van der Waals surface area contributed by atoms with E-state index >= 15 is 0 Å². The van der Waals surface area contributed by atoms with Crippen LogP contribution in [0.25, 0.3) is 5.82 Å². The highest BCUT2D eigenvalue weighted by atomic mass is 32.2. The van der Waals surface area contributed by atoms with Crippen LogP contribution in [0.3, 0.4) is 0 Å². The Morgan fingerprint density at radius 3 is 2.59 bits per heavy atom. The van der Waals surface area contributed by atoms with Crippen LogP contribution in [-0.2, 0) is 10.0 Å². The molecule has 0 aliphatic carbocycles. The summed E-state index contributed by atoms with van der Waals surface area (Å²) in [7, 11) is -1.45. The molecule has 1 aromatic carbocycles. The molecule has 140 valence electrons. The Kier molecular flexibility index (Phi) is 4.97. The number of halogens is 1. The number of carbonyl (C=O) groups is 1. The van der Waals surface area contributed by atoms with E-state index in [4.69, 9.17) is 0 Å². The molecule has 0 atom stereocenters. The largest absolute Gasteiger partial charge is 0.321 e. The third kappa shape index (κ3) is 3.83. The molecule has 1 amide bonds. The molecule has 1 N–H and O–H groups in total. The van der Waals surface area contributed by atoms with Gasteiger partial charge in [0.2, 0.25) is 10.0 Å². The van der Waals surface area contributed by atoms with Gasteiger partial charge in [0.05, 0.1) is 11.9 Å². The van der Waals surface area contributed by atoms with E-state index in [0.29, 0.717) is 11.5 Å². The topological polar surface area (TPSA) is 110 Å². The number of aromatic nitrogens is 4. The maximum atomic E-state index is 13.9. The molecule has 3 aromatic rings. The second-order valence-corrected chi connectivity index (χ2v) is 7.75. The number of hydrogen-bond acceptors (Lipinski definition) is 6. The molecule has 9 nitrogen and oxygen atoms in total. The molecule has 3 rings (SSSR count). The number of pyridine rings is 1. The molecule has 0 spiro atoms. The lowest BCUT2D eigenvalue weighted by Crippen LogP contribution is -2.24. The van der Waals surface area contributed by atoms with E-state index in [1.54, 1.807) is 12.1 Å². The fourth-order valence-corrected chi connectivity index (χ4v) is 3.15. The highest BCUT2D eigenvalue weighted by molar-refractivity contribution is 7.89. The average Bonchev–Trinajstić information content (AvgIpc) is 3.17. The number of anilines is 1. The molecule has 0 bridgehead atoms. The summed E-state index contributed by atoms with van der Waals surface area (Å²) in [4.78, 5) is 19.8. The van der Waals surface area contributed by atoms with E-state index in [1.807, 2.05) is 0 Å². The lowest BCUT2D eigenvalue weighted by Gasteiger charge is -2.13. The Bertz CT molecular complexity index is 1070. The fraction of sp³-hybridized carbons (Fsp3) is 0.125. The molecule has 0 saturated heterocycles. The molecule has 2 heterocycles. The molecule has 11 heteroatoms. The second-order valence-electron chi connectivity index (χ2n) is 5.63. The predicted molar refractivity (Wildman–Crippen MR) is 94.4 cm³/mol. The van der Waals surface area contributed by atoms with Crippen LogP contribution < -0.4 is 5.32 Å². The van der Waals surface area contributed by atoms with Crippen LogP contribution in [0.1, 0.15) is 10.4 Å². The van der Waals surface area contributed by atoms with E-state index in [-0.39, 0.29) is 5.56 Å². The molecular formula is C16H15FN6O3S. The molecule has 2 aromatic heterocycles. The van der Waals surface area contributed by atoms with Crippen molar-refractivity contribution in [3.63, 3.8) is 0 Å². The zero-order valence-electron chi connectivity index (χ0n) is 14.4. The minimum Gasteiger partial charge on any atom is -0.321 e. The Balaban J connectivity index is 1.82. The standard InChI is InChI=1S/C16H15FN6O3S/c1-22(2)27(25,26)14-7-11(3-5-13(14)17)16(24)21-12-4-6-15(19-8-12)23-10-18-9-20-23/h3-10H,1-2H3,(H,21,24). The first-order valence-electron chi connectivity index (χ1n) is 7.63. The summed E-state index contributed by atoms with van der Waals surface area (Å²) < 4.78 is 40.6. The van der Waals surface area contributed by atoms with E-state index in [9.17, 15) is 17.6 Å². The van der Waals surface area contributed by atoms with Crippen molar-refractivity contribution < 1.29 is 17.6 Å². The number of nitrogens with zero attached hydrogens (tertiary/aromatic N) is 5. The van der Waals surface area contributed by atoms with Crippen LogP contribution in [0, 0.1) is 5.82 Å². The summed E-state index contributed by atoms with van der Waals surface area (Å²) in [6.45, 7) is 0. The van der Waals surface area contributed by atoms with Crippen molar-refractivity contribution in [3.8, 4) is 5.82 Å². The quantitative estimate of drug-likeness (QED) is 0.703. The van der Waals surface area contributed by atoms with Gasteiger partial charge >= 0.3 is 0 Å². The summed E-state index contributed by atoms with van der Waals surface area (Å²) in [5, 5.41) is 6.52. The van der Waals surface area contributed by atoms with Crippen LogP contribution in [-0.4, -0.2) is 52.5 Å². The van der Waals surface area contributed by atoms with Gasteiger partial charge in [-0.1, -0.05) is 0 Å². The Morgan fingerprint density at radius 1 is 1.22 bits per heavy atom. The Hall–Kier alpha value is -3.18. The Morgan fingerprint density at radius 2 is 2.00 bits per heavy atom. The van der Waals surface area contributed by atoms with Gasteiger partial charge in [-0.2, -0.15) is 5.10 Å². The molecular weight excluding hydrogens is 375 g/mol. The predicted octanol–water partition coefficient (Wildman–Crippen LogP) is 1.30. The van der Waals surface area contributed by atoms with Crippen LogP contribution in [0.4, 0.5) is 10.1 Å². The maximum absolute atomic E-state index is 13.9. The van der Waals surface area contributed by atoms with Crippen molar-refractivity contribution >= 4 is 21.6 Å². The van der Waals surface area contributed by atoms with Gasteiger partial charge in [-0.3, -0.25) is 4.79 Å². The van der Waals surface area contributed by atoms with Crippen LogP contribution in [0.2, 0.25) is 0 Å². The SMILES string of the molecule is CN(C)S(=O)(=O)c1cc(C(=O)Nc2ccc(-n3cncn3)nc2)ccc1F. The lowest BCUT2D eigenvalue weighted by molar-refractivity contribution is 0.102. The van der Waals surface area contributed by atoms with E-state index < -0.39 is 26.6 Å². The first-order valence-corrected chi connectivity index (χ1v) is 9.07.